The van der Waals surface area contributed by atoms with Crippen molar-refractivity contribution >= 4 is 23.7 Å². The Kier molecular flexibility index (Phi) is 19.9. The fourth-order valence-corrected chi connectivity index (χ4v) is 2.83. The molecule has 2 unspecified atom stereocenters. The van der Waals surface area contributed by atoms with Crippen molar-refractivity contribution in [2.45, 2.75) is 101 Å². The van der Waals surface area contributed by atoms with Crippen molar-refractivity contribution in [2.75, 3.05) is 13.2 Å². The lowest BCUT2D eigenvalue weighted by Gasteiger charge is -2.21. The molecule has 14 nitrogen and oxygen atoms in total. The number of unbranched alkanes of at least 4 members (excludes halogenated alkanes) is 6. The first-order chi connectivity index (χ1) is 16.7. The van der Waals surface area contributed by atoms with Crippen LogP contribution < -0.4 is 0 Å². The molecule has 9 N–H and O–H groups in total. The SMILES string of the molecule is CCCCCCCCCC(O)OC(=O)CC(O)(CC(=O)O)C(=O)O.O=C(CO)[C@H](O)[C@@H](O)[C@H](O)CO. The number of ketones is 1. The predicted octanol–water partition coefficient (Wildman–Crippen LogP) is -1.71. The second kappa shape index (κ2) is 19.9. The van der Waals surface area contributed by atoms with Crippen LogP contribution in [0.25, 0.3) is 0 Å². The molecule has 212 valence electrons. The number of carboxylic acid groups (broad SMARTS) is 2. The van der Waals surface area contributed by atoms with Crippen LogP contribution >= 0.6 is 0 Å². The van der Waals surface area contributed by atoms with E-state index < -0.39 is 79.9 Å². The number of ether oxygens (including phenoxy) is 1. The Morgan fingerprint density at radius 2 is 1.36 bits per heavy atom. The lowest BCUT2D eigenvalue weighted by atomic mass is 9.96. The van der Waals surface area contributed by atoms with Gasteiger partial charge < -0.3 is 50.7 Å². The number of Topliss-reactive ketones (excluding diaryl/α,β-unsaturated/α-hetero) is 1. The maximum Gasteiger partial charge on any atom is 0.336 e. The summed E-state index contributed by atoms with van der Waals surface area (Å²) in [6, 6.07) is 0. The predicted molar refractivity (Wildman–Crippen MR) is 121 cm³/mol. The van der Waals surface area contributed by atoms with E-state index in [4.69, 9.17) is 35.7 Å². The van der Waals surface area contributed by atoms with Gasteiger partial charge in [-0.2, -0.15) is 0 Å². The summed E-state index contributed by atoms with van der Waals surface area (Å²) in [5.74, 6) is -5.55. The summed E-state index contributed by atoms with van der Waals surface area (Å²) in [5, 5.41) is 79.8. The van der Waals surface area contributed by atoms with Gasteiger partial charge in [0.05, 0.1) is 19.4 Å². The maximum absolute atomic E-state index is 11.6. The van der Waals surface area contributed by atoms with Gasteiger partial charge >= 0.3 is 17.9 Å². The smallest absolute Gasteiger partial charge is 0.336 e. The van der Waals surface area contributed by atoms with Gasteiger partial charge in [-0.25, -0.2) is 4.79 Å². The quantitative estimate of drug-likeness (QED) is 0.0514. The van der Waals surface area contributed by atoms with E-state index >= 15 is 0 Å². The van der Waals surface area contributed by atoms with Crippen LogP contribution in [0.5, 0.6) is 0 Å². The van der Waals surface area contributed by atoms with Crippen molar-refractivity contribution < 1.29 is 69.9 Å². The molecule has 0 rings (SSSR count). The van der Waals surface area contributed by atoms with Crippen LogP contribution in [-0.4, -0.2) is 113 Å². The van der Waals surface area contributed by atoms with Gasteiger partial charge in [0.15, 0.2) is 11.4 Å². The maximum atomic E-state index is 11.6. The number of hydrogen-bond acceptors (Lipinski definition) is 12. The average molecular weight is 529 g/mol. The van der Waals surface area contributed by atoms with Crippen molar-refractivity contribution in [3.8, 4) is 0 Å². The highest BCUT2D eigenvalue weighted by molar-refractivity contribution is 5.88. The van der Waals surface area contributed by atoms with Gasteiger partial charge in [0.1, 0.15) is 24.9 Å². The van der Waals surface area contributed by atoms with Gasteiger partial charge in [0.25, 0.3) is 0 Å². The van der Waals surface area contributed by atoms with Gasteiger partial charge in [0.2, 0.25) is 6.29 Å². The van der Waals surface area contributed by atoms with Crippen molar-refractivity contribution in [3.63, 3.8) is 0 Å². The molecule has 0 saturated carbocycles. The third-order valence-corrected chi connectivity index (χ3v) is 4.99. The van der Waals surface area contributed by atoms with E-state index in [9.17, 15) is 29.4 Å². The van der Waals surface area contributed by atoms with Crippen LogP contribution in [-0.2, 0) is 23.9 Å². The van der Waals surface area contributed by atoms with E-state index in [1.807, 2.05) is 0 Å². The molecule has 0 bridgehead atoms. The number of aliphatic hydroxyl groups is 7. The van der Waals surface area contributed by atoms with Crippen LogP contribution in [0.2, 0.25) is 0 Å². The molecule has 0 aromatic heterocycles. The van der Waals surface area contributed by atoms with Gasteiger partial charge in [-0.3, -0.25) is 14.4 Å². The minimum Gasteiger partial charge on any atom is -0.481 e. The fraction of sp³-hybridized carbons (Fsp3) is 0.818. The molecule has 36 heavy (non-hydrogen) atoms. The number of hydrogen-bond donors (Lipinski definition) is 9. The largest absolute Gasteiger partial charge is 0.481 e. The van der Waals surface area contributed by atoms with Crippen LogP contribution in [0.3, 0.4) is 0 Å². The molecule has 0 fully saturated rings. The molecule has 0 spiro atoms. The summed E-state index contributed by atoms with van der Waals surface area (Å²) < 4.78 is 4.62. The Bertz CT molecular complexity index is 655. The Morgan fingerprint density at radius 3 is 1.81 bits per heavy atom. The molecule has 0 heterocycles. The van der Waals surface area contributed by atoms with E-state index in [2.05, 4.69) is 11.7 Å². The topological polar surface area (TPSA) is 260 Å². The highest BCUT2D eigenvalue weighted by Crippen LogP contribution is 2.18. The molecular weight excluding hydrogens is 488 g/mol. The van der Waals surface area contributed by atoms with Crippen molar-refractivity contribution in [3.05, 3.63) is 0 Å². The van der Waals surface area contributed by atoms with E-state index in [1.54, 1.807) is 0 Å². The number of rotatable bonds is 19. The Labute approximate surface area is 208 Å². The number of esters is 1. The fourth-order valence-electron chi connectivity index (χ4n) is 2.83. The summed E-state index contributed by atoms with van der Waals surface area (Å²) in [7, 11) is 0. The molecule has 0 aromatic rings. The van der Waals surface area contributed by atoms with Crippen LogP contribution in [0.4, 0.5) is 0 Å². The zero-order chi connectivity index (χ0) is 28.3. The third-order valence-electron chi connectivity index (χ3n) is 4.99. The lowest BCUT2D eigenvalue weighted by Crippen LogP contribution is -2.44. The van der Waals surface area contributed by atoms with Crippen LogP contribution in [0, 0.1) is 0 Å². The third kappa shape index (κ3) is 16.5. The van der Waals surface area contributed by atoms with Crippen LogP contribution in [0.15, 0.2) is 0 Å². The van der Waals surface area contributed by atoms with Crippen molar-refractivity contribution in [2.24, 2.45) is 0 Å². The summed E-state index contributed by atoms with van der Waals surface area (Å²) in [6.07, 6.45) is -1.36. The summed E-state index contributed by atoms with van der Waals surface area (Å²) in [6.45, 7) is 0.444. The summed E-state index contributed by atoms with van der Waals surface area (Å²) >= 11 is 0. The summed E-state index contributed by atoms with van der Waals surface area (Å²) in [4.78, 5) is 43.6. The minimum atomic E-state index is -2.75. The molecule has 0 aliphatic carbocycles. The number of carbonyl (C=O) groups is 4. The van der Waals surface area contributed by atoms with Gasteiger partial charge in [0, 0.05) is 6.42 Å². The molecule has 14 heteroatoms. The molecule has 0 amide bonds. The molecule has 0 aliphatic heterocycles. The van der Waals surface area contributed by atoms with E-state index in [0.717, 1.165) is 19.3 Å². The molecular formula is C22H40O14. The van der Waals surface area contributed by atoms with Gasteiger partial charge in [-0.15, -0.1) is 0 Å². The van der Waals surface area contributed by atoms with Gasteiger partial charge in [-0.1, -0.05) is 45.4 Å². The number of carbonyl (C=O) groups excluding carboxylic acids is 2. The highest BCUT2D eigenvalue weighted by atomic mass is 16.6. The zero-order valence-corrected chi connectivity index (χ0v) is 20.4. The van der Waals surface area contributed by atoms with E-state index in [0.29, 0.717) is 6.42 Å². The van der Waals surface area contributed by atoms with E-state index in [1.165, 1.54) is 19.3 Å². The van der Waals surface area contributed by atoms with Crippen molar-refractivity contribution in [1.82, 2.24) is 0 Å². The minimum absolute atomic E-state index is 0.212. The number of carboxylic acids is 2. The van der Waals surface area contributed by atoms with E-state index in [-0.39, 0.29) is 6.42 Å². The highest BCUT2D eigenvalue weighted by Gasteiger charge is 2.41. The Hall–Kier alpha value is -2.20. The Morgan fingerprint density at radius 1 is 0.833 bits per heavy atom. The standard InChI is InChI=1S/C16H28O8.C6H12O6/c1-2-3-4-5-6-7-8-9-13(19)24-14(20)11-16(23,15(21)22)10-12(17)18;7-1-3(9)5(11)6(12)4(10)2-8/h13,19,23H,2-11H2,1H3,(H,17,18)(H,21,22);3,5-9,11-12H,1-2H2/t;3-,5+,6+/m.1/s1. The molecule has 0 aromatic carbocycles. The average Bonchev–Trinajstić information content (AvgIpc) is 2.80. The number of aliphatic hydroxyl groups excluding tert-OH is 6. The Balaban J connectivity index is 0. The molecule has 0 radical (unpaired) electrons. The normalized spacial score (nSPS) is 15.9. The van der Waals surface area contributed by atoms with Gasteiger partial charge in [-0.05, 0) is 6.42 Å². The first kappa shape index (κ1) is 36.0. The molecule has 0 aliphatic rings. The molecule has 0 saturated heterocycles. The second-order valence-corrected chi connectivity index (χ2v) is 8.25. The monoisotopic (exact) mass is 528 g/mol. The zero-order valence-electron chi connectivity index (χ0n) is 20.4. The van der Waals surface area contributed by atoms with Crippen LogP contribution in [0.1, 0.15) is 71.1 Å². The summed E-state index contributed by atoms with van der Waals surface area (Å²) in [5.41, 5.74) is -2.75. The lowest BCUT2D eigenvalue weighted by molar-refractivity contribution is -0.182. The van der Waals surface area contributed by atoms with Crippen molar-refractivity contribution in [1.29, 1.82) is 0 Å². The number of aliphatic carboxylic acids is 2. The first-order valence-electron chi connectivity index (χ1n) is 11.6. The first-order valence-corrected chi connectivity index (χ1v) is 11.6. The second-order valence-electron chi connectivity index (χ2n) is 8.25. The molecule has 5 atom stereocenters.